The standard InChI is InChI=1S/C18H16Cl2O5S/c19-11-5-7-12(8-6-11)25-16-10-13(9-14(16)18(21)22)26(23,24)17-4-2-1-3-15(17)20/h1-8,13-14,16H,9-10H2,(H,21,22)/t13-,14-,16-/m0/s1. The topological polar surface area (TPSA) is 80.7 Å². The van der Waals surface area contributed by atoms with Crippen molar-refractivity contribution in [2.24, 2.45) is 5.92 Å². The summed E-state index contributed by atoms with van der Waals surface area (Å²) >= 11 is 11.9. The number of ether oxygens (including phenoxy) is 1. The van der Waals surface area contributed by atoms with Crippen LogP contribution in [0.2, 0.25) is 10.0 Å². The van der Waals surface area contributed by atoms with Crippen molar-refractivity contribution >= 4 is 39.0 Å². The molecule has 138 valence electrons. The Morgan fingerprint density at radius 1 is 1.04 bits per heavy atom. The molecule has 1 aliphatic rings. The maximum absolute atomic E-state index is 12.9. The van der Waals surface area contributed by atoms with Crippen LogP contribution in [0, 0.1) is 5.92 Å². The third kappa shape index (κ3) is 3.82. The van der Waals surface area contributed by atoms with Crippen LogP contribution in [-0.4, -0.2) is 30.8 Å². The Hall–Kier alpha value is -1.76. The Balaban J connectivity index is 1.86. The molecule has 0 bridgehead atoms. The summed E-state index contributed by atoms with van der Waals surface area (Å²) in [4.78, 5) is 11.6. The van der Waals surface area contributed by atoms with Crippen molar-refractivity contribution in [1.29, 1.82) is 0 Å². The molecule has 0 heterocycles. The number of carbonyl (C=O) groups is 1. The van der Waals surface area contributed by atoms with Gasteiger partial charge in [0.05, 0.1) is 21.1 Å². The Kier molecular flexibility index (Phi) is 5.46. The van der Waals surface area contributed by atoms with Gasteiger partial charge in [0.15, 0.2) is 9.84 Å². The second-order valence-corrected chi connectivity index (χ2v) is 9.16. The molecule has 1 fully saturated rings. The summed E-state index contributed by atoms with van der Waals surface area (Å²) in [5.74, 6) is -1.56. The first-order chi connectivity index (χ1) is 12.3. The van der Waals surface area contributed by atoms with Gasteiger partial charge in [0.1, 0.15) is 11.9 Å². The lowest BCUT2D eigenvalue weighted by Crippen LogP contribution is -2.27. The zero-order valence-corrected chi connectivity index (χ0v) is 15.8. The van der Waals surface area contributed by atoms with Gasteiger partial charge in [-0.25, -0.2) is 8.42 Å². The number of sulfone groups is 1. The molecule has 0 amide bonds. The Morgan fingerprint density at radius 2 is 1.69 bits per heavy atom. The van der Waals surface area contributed by atoms with Crippen LogP contribution in [0.4, 0.5) is 0 Å². The fourth-order valence-corrected chi connectivity index (χ4v) is 5.60. The number of rotatable bonds is 5. The number of hydrogen-bond acceptors (Lipinski definition) is 4. The summed E-state index contributed by atoms with van der Waals surface area (Å²) < 4.78 is 31.6. The first-order valence-corrected chi connectivity index (χ1v) is 10.2. The van der Waals surface area contributed by atoms with E-state index in [1.165, 1.54) is 12.1 Å². The lowest BCUT2D eigenvalue weighted by Gasteiger charge is -2.18. The predicted octanol–water partition coefficient (Wildman–Crippen LogP) is 4.08. The van der Waals surface area contributed by atoms with E-state index in [1.807, 2.05) is 0 Å². The molecular formula is C18H16Cl2O5S. The van der Waals surface area contributed by atoms with Gasteiger partial charge in [-0.2, -0.15) is 0 Å². The maximum atomic E-state index is 12.9. The SMILES string of the molecule is O=C(O)[C@H]1C[C@H](S(=O)(=O)c2ccccc2Cl)C[C@@H]1Oc1ccc(Cl)cc1. The Bertz CT molecular complexity index is 911. The van der Waals surface area contributed by atoms with Crippen molar-refractivity contribution in [3.63, 3.8) is 0 Å². The minimum absolute atomic E-state index is 0.0166. The van der Waals surface area contributed by atoms with E-state index in [4.69, 9.17) is 27.9 Å². The highest BCUT2D eigenvalue weighted by molar-refractivity contribution is 7.92. The molecule has 2 aromatic carbocycles. The van der Waals surface area contributed by atoms with Crippen LogP contribution in [0.1, 0.15) is 12.8 Å². The van der Waals surface area contributed by atoms with Crippen molar-refractivity contribution in [3.8, 4) is 5.75 Å². The summed E-state index contributed by atoms with van der Waals surface area (Å²) in [7, 11) is -3.76. The molecular weight excluding hydrogens is 399 g/mol. The zero-order chi connectivity index (χ0) is 18.9. The second-order valence-electron chi connectivity index (χ2n) is 6.12. The highest BCUT2D eigenvalue weighted by atomic mass is 35.5. The molecule has 2 aromatic rings. The van der Waals surface area contributed by atoms with Gasteiger partial charge in [0, 0.05) is 11.4 Å². The van der Waals surface area contributed by atoms with Gasteiger partial charge >= 0.3 is 5.97 Å². The summed E-state index contributed by atoms with van der Waals surface area (Å²) in [6, 6.07) is 12.7. The number of carboxylic acid groups (broad SMARTS) is 1. The normalized spacial score (nSPS) is 22.9. The van der Waals surface area contributed by atoms with Crippen LogP contribution >= 0.6 is 23.2 Å². The molecule has 1 aliphatic carbocycles. The fourth-order valence-electron chi connectivity index (χ4n) is 3.14. The van der Waals surface area contributed by atoms with E-state index in [-0.39, 0.29) is 22.8 Å². The highest BCUT2D eigenvalue weighted by Crippen LogP contribution is 2.38. The molecule has 0 radical (unpaired) electrons. The van der Waals surface area contributed by atoms with Crippen molar-refractivity contribution in [3.05, 3.63) is 58.6 Å². The quantitative estimate of drug-likeness (QED) is 0.796. The van der Waals surface area contributed by atoms with E-state index < -0.39 is 33.1 Å². The number of benzene rings is 2. The van der Waals surface area contributed by atoms with Crippen molar-refractivity contribution in [1.82, 2.24) is 0 Å². The van der Waals surface area contributed by atoms with Crippen molar-refractivity contribution in [2.75, 3.05) is 0 Å². The lowest BCUT2D eigenvalue weighted by atomic mass is 10.1. The minimum atomic E-state index is -3.76. The molecule has 26 heavy (non-hydrogen) atoms. The number of carboxylic acids is 1. The molecule has 8 heteroatoms. The Morgan fingerprint density at radius 3 is 2.31 bits per heavy atom. The van der Waals surface area contributed by atoms with Gasteiger partial charge in [-0.1, -0.05) is 35.3 Å². The van der Waals surface area contributed by atoms with Gasteiger partial charge in [-0.15, -0.1) is 0 Å². The van der Waals surface area contributed by atoms with E-state index in [0.717, 1.165) is 0 Å². The Labute approximate surface area is 161 Å². The summed E-state index contributed by atoms with van der Waals surface area (Å²) in [5, 5.41) is 9.27. The van der Waals surface area contributed by atoms with Crippen molar-refractivity contribution in [2.45, 2.75) is 29.1 Å². The monoisotopic (exact) mass is 414 g/mol. The average Bonchev–Trinajstić information content (AvgIpc) is 3.02. The van der Waals surface area contributed by atoms with Crippen molar-refractivity contribution < 1.29 is 23.1 Å². The van der Waals surface area contributed by atoms with E-state index in [0.29, 0.717) is 10.8 Å². The molecule has 3 rings (SSSR count). The van der Waals surface area contributed by atoms with Crippen LogP contribution in [-0.2, 0) is 14.6 Å². The van der Waals surface area contributed by atoms with E-state index in [2.05, 4.69) is 0 Å². The number of halogens is 2. The van der Waals surface area contributed by atoms with Gasteiger partial charge in [0.2, 0.25) is 0 Å². The zero-order valence-electron chi connectivity index (χ0n) is 13.5. The summed E-state index contributed by atoms with van der Waals surface area (Å²) in [5.41, 5.74) is 0. The van der Waals surface area contributed by atoms with Crippen LogP contribution in [0.15, 0.2) is 53.4 Å². The third-order valence-corrected chi connectivity index (χ3v) is 7.39. The minimum Gasteiger partial charge on any atom is -0.489 e. The smallest absolute Gasteiger partial charge is 0.310 e. The second kappa shape index (κ2) is 7.47. The molecule has 0 spiro atoms. The van der Waals surface area contributed by atoms with Crippen LogP contribution in [0.3, 0.4) is 0 Å². The third-order valence-electron chi connectivity index (χ3n) is 4.46. The molecule has 1 saturated carbocycles. The number of hydrogen-bond donors (Lipinski definition) is 1. The van der Waals surface area contributed by atoms with E-state index >= 15 is 0 Å². The van der Waals surface area contributed by atoms with Crippen LogP contribution in [0.25, 0.3) is 0 Å². The molecule has 0 aliphatic heterocycles. The van der Waals surface area contributed by atoms with E-state index in [1.54, 1.807) is 36.4 Å². The largest absolute Gasteiger partial charge is 0.489 e. The molecule has 5 nitrogen and oxygen atoms in total. The molecule has 1 N–H and O–H groups in total. The summed E-state index contributed by atoms with van der Waals surface area (Å²) in [6.07, 6.45) is -0.704. The summed E-state index contributed by atoms with van der Waals surface area (Å²) in [6.45, 7) is 0. The van der Waals surface area contributed by atoms with E-state index in [9.17, 15) is 18.3 Å². The molecule has 0 saturated heterocycles. The number of aliphatic carboxylic acids is 1. The average molecular weight is 415 g/mol. The first-order valence-electron chi connectivity index (χ1n) is 7.92. The van der Waals surface area contributed by atoms with Gasteiger partial charge in [-0.05, 0) is 42.8 Å². The van der Waals surface area contributed by atoms with Gasteiger partial charge < -0.3 is 9.84 Å². The molecule has 0 unspecified atom stereocenters. The molecule has 0 aromatic heterocycles. The maximum Gasteiger partial charge on any atom is 0.310 e. The van der Waals surface area contributed by atoms with Gasteiger partial charge in [-0.3, -0.25) is 4.79 Å². The highest BCUT2D eigenvalue weighted by Gasteiger charge is 2.46. The van der Waals surface area contributed by atoms with Gasteiger partial charge in [0.25, 0.3) is 0 Å². The predicted molar refractivity (Wildman–Crippen MR) is 98.7 cm³/mol. The first kappa shape index (κ1) is 19.0. The molecule has 3 atom stereocenters. The fraction of sp³-hybridized carbons (Fsp3) is 0.278. The van der Waals surface area contributed by atoms with Crippen LogP contribution < -0.4 is 4.74 Å². The lowest BCUT2D eigenvalue weighted by molar-refractivity contribution is -0.143. The van der Waals surface area contributed by atoms with Crippen LogP contribution in [0.5, 0.6) is 5.75 Å².